The van der Waals surface area contributed by atoms with Crippen LogP contribution in [0.2, 0.25) is 15.1 Å². The van der Waals surface area contributed by atoms with Crippen LogP contribution in [-0.4, -0.2) is 29.2 Å². The Kier molecular flexibility index (Phi) is 6.64. The van der Waals surface area contributed by atoms with Crippen LogP contribution in [0.1, 0.15) is 27.2 Å². The van der Waals surface area contributed by atoms with Crippen LogP contribution in [-0.2, 0) is 11.4 Å². The first kappa shape index (κ1) is 21.2. The van der Waals surface area contributed by atoms with Crippen molar-refractivity contribution in [2.24, 2.45) is 5.16 Å². The Morgan fingerprint density at radius 2 is 1.97 bits per heavy atom. The molecule has 0 bridgehead atoms. The van der Waals surface area contributed by atoms with Gasteiger partial charge in [-0.05, 0) is 41.3 Å². The maximum atomic E-state index is 13.1. The molecule has 8 heteroatoms. The van der Waals surface area contributed by atoms with E-state index in [0.717, 1.165) is 16.8 Å². The van der Waals surface area contributed by atoms with Gasteiger partial charge in [-0.25, -0.2) is 0 Å². The number of amides is 1. The van der Waals surface area contributed by atoms with Gasteiger partial charge in [-0.1, -0.05) is 64.2 Å². The summed E-state index contributed by atoms with van der Waals surface area (Å²) in [5.74, 6) is -0.0448. The largest absolute Gasteiger partial charge is 0.390 e. The van der Waals surface area contributed by atoms with Crippen LogP contribution >= 0.6 is 46.1 Å². The summed E-state index contributed by atoms with van der Waals surface area (Å²) >= 11 is 19.7. The second-order valence-electron chi connectivity index (χ2n) is 6.89. The molecule has 0 aliphatic carbocycles. The summed E-state index contributed by atoms with van der Waals surface area (Å²) in [4.78, 5) is 21.2. The molecule has 2 aromatic carbocycles. The fourth-order valence-electron chi connectivity index (χ4n) is 3.25. The normalized spacial score (nSPS) is 15.6. The minimum Gasteiger partial charge on any atom is -0.390 e. The molecule has 3 aromatic rings. The highest BCUT2D eigenvalue weighted by Gasteiger charge is 2.28. The maximum Gasteiger partial charge on any atom is 0.264 e. The predicted molar refractivity (Wildman–Crippen MR) is 123 cm³/mol. The molecule has 0 N–H and O–H groups in total. The summed E-state index contributed by atoms with van der Waals surface area (Å²) in [7, 11) is 0. The fraction of sp³-hybridized carbons (Fsp3) is 0.182. The van der Waals surface area contributed by atoms with Crippen LogP contribution in [0.3, 0.4) is 0 Å². The molecule has 0 saturated carbocycles. The molecular formula is C22H17Cl3N2O2S. The second-order valence-corrected chi connectivity index (χ2v) is 9.09. The van der Waals surface area contributed by atoms with Crippen LogP contribution in [0.15, 0.2) is 65.1 Å². The Labute approximate surface area is 193 Å². The number of hydrogen-bond donors (Lipinski definition) is 0. The lowest BCUT2D eigenvalue weighted by Gasteiger charge is -2.24. The van der Waals surface area contributed by atoms with E-state index in [0.29, 0.717) is 39.5 Å². The zero-order valence-corrected chi connectivity index (χ0v) is 18.8. The average molecular weight is 480 g/mol. The van der Waals surface area contributed by atoms with E-state index in [1.54, 1.807) is 17.0 Å². The van der Waals surface area contributed by atoms with E-state index < -0.39 is 0 Å². The minimum absolute atomic E-state index is 0.0448. The van der Waals surface area contributed by atoms with Crippen molar-refractivity contribution in [3.63, 3.8) is 0 Å². The van der Waals surface area contributed by atoms with E-state index in [1.807, 2.05) is 47.8 Å². The maximum absolute atomic E-state index is 13.1. The summed E-state index contributed by atoms with van der Waals surface area (Å²) in [5.41, 5.74) is 2.60. The molecule has 0 fully saturated rings. The molecule has 4 nitrogen and oxygen atoms in total. The molecule has 30 heavy (non-hydrogen) atoms. The first-order valence-electron chi connectivity index (χ1n) is 9.25. The van der Waals surface area contributed by atoms with Gasteiger partial charge in [-0.15, -0.1) is 11.3 Å². The van der Waals surface area contributed by atoms with Crippen molar-refractivity contribution in [3.05, 3.63) is 91.0 Å². The first-order chi connectivity index (χ1) is 14.5. The zero-order valence-electron chi connectivity index (χ0n) is 15.7. The minimum atomic E-state index is -0.252. The number of benzene rings is 2. The lowest BCUT2D eigenvalue weighted by molar-refractivity contribution is 0.0408. The molecule has 154 valence electrons. The standard InChI is InChI=1S/C22H17Cl3N2O2S/c23-16-4-1-3-14(9-16)12-27(22(28)21-5-2-8-30-21)13-17-11-20(26-29-17)15-6-7-18(24)19(25)10-15/h1-10,17H,11-13H2/t17-/m1/s1. The topological polar surface area (TPSA) is 41.9 Å². The predicted octanol–water partition coefficient (Wildman–Crippen LogP) is 6.54. The van der Waals surface area contributed by atoms with Gasteiger partial charge in [0.1, 0.15) is 0 Å². The van der Waals surface area contributed by atoms with Gasteiger partial charge in [-0.2, -0.15) is 0 Å². The number of carbonyl (C=O) groups excluding carboxylic acids is 1. The summed E-state index contributed by atoms with van der Waals surface area (Å²) < 4.78 is 0. The second kappa shape index (κ2) is 9.40. The highest BCUT2D eigenvalue weighted by atomic mass is 35.5. The van der Waals surface area contributed by atoms with Crippen molar-refractivity contribution in [1.82, 2.24) is 4.90 Å². The lowest BCUT2D eigenvalue weighted by Crippen LogP contribution is -2.37. The average Bonchev–Trinajstić information content (AvgIpc) is 3.41. The van der Waals surface area contributed by atoms with Gasteiger partial charge in [0.15, 0.2) is 6.10 Å². The summed E-state index contributed by atoms with van der Waals surface area (Å²) in [6, 6.07) is 16.6. The van der Waals surface area contributed by atoms with Crippen molar-refractivity contribution in [3.8, 4) is 0 Å². The molecule has 0 unspecified atom stereocenters. The zero-order chi connectivity index (χ0) is 21.1. The van der Waals surface area contributed by atoms with Crippen molar-refractivity contribution in [2.45, 2.75) is 19.1 Å². The number of hydrogen-bond acceptors (Lipinski definition) is 4. The molecule has 1 aromatic heterocycles. The van der Waals surface area contributed by atoms with Crippen LogP contribution in [0.25, 0.3) is 0 Å². The van der Waals surface area contributed by atoms with Gasteiger partial charge in [0.2, 0.25) is 0 Å². The van der Waals surface area contributed by atoms with E-state index >= 15 is 0 Å². The third-order valence-corrected chi connectivity index (χ3v) is 6.52. The summed E-state index contributed by atoms with van der Waals surface area (Å²) in [5, 5.41) is 7.70. The van der Waals surface area contributed by atoms with Gasteiger partial charge < -0.3 is 9.74 Å². The monoisotopic (exact) mass is 478 g/mol. The van der Waals surface area contributed by atoms with E-state index in [4.69, 9.17) is 39.6 Å². The van der Waals surface area contributed by atoms with E-state index in [9.17, 15) is 4.79 Å². The number of carbonyl (C=O) groups is 1. The Morgan fingerprint density at radius 3 is 2.70 bits per heavy atom. The Balaban J connectivity index is 1.49. The number of nitrogens with zero attached hydrogens (tertiary/aromatic N) is 2. The van der Waals surface area contributed by atoms with Crippen LogP contribution in [0.5, 0.6) is 0 Å². The first-order valence-corrected chi connectivity index (χ1v) is 11.3. The molecule has 4 rings (SSSR count). The highest BCUT2D eigenvalue weighted by Crippen LogP contribution is 2.26. The summed E-state index contributed by atoms with van der Waals surface area (Å²) in [6.45, 7) is 0.830. The molecule has 1 aliphatic heterocycles. The number of rotatable bonds is 6. The Hall–Kier alpha value is -2.05. The molecule has 1 amide bonds. The van der Waals surface area contributed by atoms with Crippen molar-refractivity contribution in [2.75, 3.05) is 6.54 Å². The van der Waals surface area contributed by atoms with Gasteiger partial charge in [0.05, 0.1) is 27.2 Å². The molecule has 0 radical (unpaired) electrons. The van der Waals surface area contributed by atoms with Gasteiger partial charge in [0, 0.05) is 23.6 Å². The number of oxime groups is 1. The molecule has 0 saturated heterocycles. The highest BCUT2D eigenvalue weighted by molar-refractivity contribution is 7.12. The smallest absolute Gasteiger partial charge is 0.264 e. The van der Waals surface area contributed by atoms with Gasteiger partial charge >= 0.3 is 0 Å². The molecule has 0 spiro atoms. The third-order valence-electron chi connectivity index (χ3n) is 4.69. The van der Waals surface area contributed by atoms with Crippen LogP contribution in [0, 0.1) is 0 Å². The Bertz CT molecular complexity index is 1090. The fourth-order valence-corrected chi connectivity index (χ4v) is 4.45. The van der Waals surface area contributed by atoms with Crippen LogP contribution < -0.4 is 0 Å². The summed E-state index contributed by atoms with van der Waals surface area (Å²) in [6.07, 6.45) is 0.319. The van der Waals surface area contributed by atoms with Crippen molar-refractivity contribution < 1.29 is 9.63 Å². The van der Waals surface area contributed by atoms with Crippen LogP contribution in [0.4, 0.5) is 0 Å². The third kappa shape index (κ3) is 4.98. The SMILES string of the molecule is O=C(c1cccs1)N(Cc1cccc(Cl)c1)C[C@H]1CC(c2ccc(Cl)c(Cl)c2)=NO1. The van der Waals surface area contributed by atoms with Gasteiger partial charge in [-0.3, -0.25) is 4.79 Å². The van der Waals surface area contributed by atoms with E-state index in [-0.39, 0.29) is 12.0 Å². The quantitative estimate of drug-likeness (QED) is 0.402. The van der Waals surface area contributed by atoms with Gasteiger partial charge in [0.25, 0.3) is 5.91 Å². The van der Waals surface area contributed by atoms with E-state index in [1.165, 1.54) is 11.3 Å². The lowest BCUT2D eigenvalue weighted by atomic mass is 10.0. The Morgan fingerprint density at radius 1 is 1.10 bits per heavy atom. The van der Waals surface area contributed by atoms with E-state index in [2.05, 4.69) is 5.16 Å². The molecule has 1 aliphatic rings. The van der Waals surface area contributed by atoms with Crippen molar-refractivity contribution in [1.29, 1.82) is 0 Å². The number of halogens is 3. The molecule has 1 atom stereocenters. The van der Waals surface area contributed by atoms with Crippen molar-refractivity contribution >= 4 is 57.8 Å². The molecule has 2 heterocycles. The number of thiophene rings is 1. The molecular weight excluding hydrogens is 463 g/mol.